The van der Waals surface area contributed by atoms with Crippen molar-refractivity contribution in [2.75, 3.05) is 20.0 Å². The molecule has 9 nitrogen and oxygen atoms in total. The van der Waals surface area contributed by atoms with E-state index in [4.69, 9.17) is 9.47 Å². The predicted molar refractivity (Wildman–Crippen MR) is 146 cm³/mol. The third kappa shape index (κ3) is 10.5. The molecule has 2 amide bonds. The second-order valence-corrected chi connectivity index (χ2v) is 10.1. The van der Waals surface area contributed by atoms with Crippen LogP contribution in [0.2, 0.25) is 0 Å². The number of carbonyl (C=O) groups excluding carboxylic acids is 3. The third-order valence-corrected chi connectivity index (χ3v) is 6.69. The van der Waals surface area contributed by atoms with Crippen molar-refractivity contribution in [2.24, 2.45) is 5.92 Å². The van der Waals surface area contributed by atoms with Gasteiger partial charge in [0, 0.05) is 11.3 Å². The van der Waals surface area contributed by atoms with E-state index >= 15 is 0 Å². The van der Waals surface area contributed by atoms with Gasteiger partial charge in [0.2, 0.25) is 11.8 Å². The molecule has 2 aromatic carbocycles. The van der Waals surface area contributed by atoms with Crippen LogP contribution in [-0.4, -0.2) is 54.7 Å². The summed E-state index contributed by atoms with van der Waals surface area (Å²) in [5.74, 6) is -3.37. The van der Waals surface area contributed by atoms with Crippen LogP contribution in [0, 0.1) is 5.92 Å². The van der Waals surface area contributed by atoms with E-state index in [9.17, 15) is 37.5 Å². The van der Waals surface area contributed by atoms with Crippen molar-refractivity contribution < 1.29 is 46.9 Å². The average Bonchev–Trinajstić information content (AvgIpc) is 2.90. The number of halogens is 3. The molecular weight excluding hydrogens is 565 g/mol. The number of alkyl halides is 3. The first kappa shape index (κ1) is 33.2. The number of benzene rings is 2. The highest BCUT2D eigenvalue weighted by atomic mass is 32.2. The fourth-order valence-electron chi connectivity index (χ4n) is 3.65. The Morgan fingerprint density at radius 1 is 1.05 bits per heavy atom. The van der Waals surface area contributed by atoms with Crippen molar-refractivity contribution in [2.45, 2.75) is 38.2 Å². The van der Waals surface area contributed by atoms with E-state index in [2.05, 4.69) is 10.6 Å². The largest absolute Gasteiger partial charge is 0.497 e. The number of thioether (sulfide) groups is 1. The Kier molecular flexibility index (Phi) is 12.2. The maximum absolute atomic E-state index is 13.0. The van der Waals surface area contributed by atoms with E-state index in [0.717, 1.165) is 23.9 Å². The summed E-state index contributed by atoms with van der Waals surface area (Å²) in [5, 5.41) is 14.1. The lowest BCUT2D eigenvalue weighted by molar-refractivity contribution is -0.137. The summed E-state index contributed by atoms with van der Waals surface area (Å²) >= 11 is 0.956. The first-order valence-corrected chi connectivity index (χ1v) is 13.4. The number of Topliss-reactive ketones (excluding diaryl/α,β-unsaturated/α-hetero) is 1. The Bertz CT molecular complexity index is 1300. The number of methoxy groups -OCH3 is 2. The molecule has 0 spiro atoms. The highest BCUT2D eigenvalue weighted by molar-refractivity contribution is 7.99. The zero-order valence-electron chi connectivity index (χ0n) is 22.8. The van der Waals surface area contributed by atoms with Crippen LogP contribution < -0.4 is 20.1 Å². The van der Waals surface area contributed by atoms with Gasteiger partial charge in [-0.1, -0.05) is 32.0 Å². The van der Waals surface area contributed by atoms with E-state index in [-0.39, 0.29) is 17.9 Å². The van der Waals surface area contributed by atoms with E-state index in [1.54, 1.807) is 32.0 Å². The molecule has 2 rings (SSSR count). The number of carbonyl (C=O) groups is 4. The number of carboxylic acids is 1. The summed E-state index contributed by atoms with van der Waals surface area (Å²) in [6, 6.07) is 8.41. The lowest BCUT2D eigenvalue weighted by atomic mass is 10.0. The van der Waals surface area contributed by atoms with Gasteiger partial charge in [0.25, 0.3) is 0 Å². The van der Waals surface area contributed by atoms with Crippen LogP contribution in [-0.2, 0) is 37.5 Å². The predicted octanol–water partition coefficient (Wildman–Crippen LogP) is 3.99. The van der Waals surface area contributed by atoms with Gasteiger partial charge < -0.3 is 25.2 Å². The van der Waals surface area contributed by atoms with Gasteiger partial charge in [0.05, 0.1) is 43.7 Å². The number of hydrogen-bond acceptors (Lipinski definition) is 7. The van der Waals surface area contributed by atoms with E-state index in [1.165, 1.54) is 26.4 Å². The average molecular weight is 597 g/mol. The zero-order valence-corrected chi connectivity index (χ0v) is 23.7. The minimum atomic E-state index is -4.51. The SMILES string of the molecule is COc1ccc(OC)c(CC(=O)N[C@H](C(=O)NC(=CC(=O)O)C(=O)CSCc2cccc(C(F)(F)F)c2)C(C)C)c1. The van der Waals surface area contributed by atoms with Gasteiger partial charge in [0.1, 0.15) is 17.5 Å². The number of ether oxygens (including phenoxy) is 2. The fourth-order valence-corrected chi connectivity index (χ4v) is 4.51. The Balaban J connectivity index is 2.08. The quantitative estimate of drug-likeness (QED) is 0.279. The molecule has 0 radical (unpaired) electrons. The Labute approximate surface area is 239 Å². The third-order valence-electron chi connectivity index (χ3n) is 5.69. The highest BCUT2D eigenvalue weighted by Gasteiger charge is 2.30. The topological polar surface area (TPSA) is 131 Å². The second kappa shape index (κ2) is 15.1. The molecule has 0 aliphatic heterocycles. The first-order valence-electron chi connectivity index (χ1n) is 12.3. The summed E-state index contributed by atoms with van der Waals surface area (Å²) in [5.41, 5.74) is -0.520. The van der Waals surface area contributed by atoms with Crippen molar-refractivity contribution in [3.8, 4) is 11.5 Å². The van der Waals surface area contributed by atoms with Crippen molar-refractivity contribution in [1.29, 1.82) is 0 Å². The Morgan fingerprint density at radius 2 is 1.76 bits per heavy atom. The first-order chi connectivity index (χ1) is 19.2. The monoisotopic (exact) mass is 596 g/mol. The number of carboxylic acid groups (broad SMARTS) is 1. The summed E-state index contributed by atoms with van der Waals surface area (Å²) in [6.07, 6.45) is -4.13. The van der Waals surface area contributed by atoms with Gasteiger partial charge in [-0.05, 0) is 35.7 Å². The molecule has 0 fully saturated rings. The number of nitrogens with one attached hydrogen (secondary N) is 2. The normalized spacial score (nSPS) is 12.4. The molecule has 0 saturated heterocycles. The summed E-state index contributed by atoms with van der Waals surface area (Å²) in [6.45, 7) is 3.31. The van der Waals surface area contributed by atoms with Gasteiger partial charge in [-0.25, -0.2) is 4.79 Å². The molecule has 0 bridgehead atoms. The number of rotatable bonds is 14. The Hall–Kier alpha value is -4.00. The summed E-state index contributed by atoms with van der Waals surface area (Å²) in [4.78, 5) is 50.0. The molecule has 41 heavy (non-hydrogen) atoms. The van der Waals surface area contributed by atoms with Gasteiger partial charge in [-0.2, -0.15) is 13.2 Å². The number of aliphatic carboxylic acids is 1. The number of hydrogen-bond donors (Lipinski definition) is 3. The molecule has 13 heteroatoms. The molecule has 3 N–H and O–H groups in total. The molecule has 1 atom stereocenters. The van der Waals surface area contributed by atoms with Crippen LogP contribution in [0.25, 0.3) is 0 Å². The maximum atomic E-state index is 13.0. The van der Waals surface area contributed by atoms with Crippen LogP contribution in [0.3, 0.4) is 0 Å². The smallest absolute Gasteiger partial charge is 0.416 e. The highest BCUT2D eigenvalue weighted by Crippen LogP contribution is 2.30. The van der Waals surface area contributed by atoms with Gasteiger partial charge in [-0.15, -0.1) is 11.8 Å². The molecule has 222 valence electrons. The number of ketones is 1. The van der Waals surface area contributed by atoms with Crippen molar-refractivity contribution >= 4 is 35.3 Å². The lowest BCUT2D eigenvalue weighted by Crippen LogP contribution is -2.50. The number of amides is 2. The fraction of sp³-hybridized carbons (Fsp3) is 0.357. The van der Waals surface area contributed by atoms with E-state index in [0.29, 0.717) is 28.7 Å². The minimum absolute atomic E-state index is 0.0440. The number of allylic oxidation sites excluding steroid dienone is 1. The maximum Gasteiger partial charge on any atom is 0.416 e. The van der Waals surface area contributed by atoms with Crippen molar-refractivity contribution in [3.63, 3.8) is 0 Å². The molecular formula is C28H31F3N2O7S. The molecule has 2 aromatic rings. The molecule has 0 heterocycles. The van der Waals surface area contributed by atoms with Crippen LogP contribution in [0.1, 0.15) is 30.5 Å². The summed E-state index contributed by atoms with van der Waals surface area (Å²) in [7, 11) is 2.91. The zero-order chi connectivity index (χ0) is 30.7. The van der Waals surface area contributed by atoms with Crippen molar-refractivity contribution in [1.82, 2.24) is 10.6 Å². The Morgan fingerprint density at radius 3 is 2.34 bits per heavy atom. The van der Waals surface area contributed by atoms with Gasteiger partial charge in [0.15, 0.2) is 5.78 Å². The summed E-state index contributed by atoms with van der Waals surface area (Å²) < 4.78 is 49.3. The van der Waals surface area contributed by atoms with E-state index in [1.807, 2.05) is 0 Å². The van der Waals surface area contributed by atoms with Gasteiger partial charge in [-0.3, -0.25) is 14.4 Å². The molecule has 0 saturated carbocycles. The lowest BCUT2D eigenvalue weighted by Gasteiger charge is -2.22. The molecule has 0 unspecified atom stereocenters. The van der Waals surface area contributed by atoms with Crippen LogP contribution in [0.15, 0.2) is 54.2 Å². The van der Waals surface area contributed by atoms with Crippen molar-refractivity contribution in [3.05, 3.63) is 70.9 Å². The van der Waals surface area contributed by atoms with E-state index < -0.39 is 53.0 Å². The van der Waals surface area contributed by atoms with Crippen LogP contribution in [0.4, 0.5) is 13.2 Å². The molecule has 0 aliphatic carbocycles. The minimum Gasteiger partial charge on any atom is -0.497 e. The van der Waals surface area contributed by atoms with Crippen LogP contribution >= 0.6 is 11.8 Å². The molecule has 0 aliphatic rings. The molecule has 0 aromatic heterocycles. The van der Waals surface area contributed by atoms with Crippen LogP contribution in [0.5, 0.6) is 11.5 Å². The van der Waals surface area contributed by atoms with Gasteiger partial charge >= 0.3 is 12.1 Å². The second-order valence-electron chi connectivity index (χ2n) is 9.14. The standard InChI is InChI=1S/C28H31F3N2O7S/c1-16(2)26(33-24(35)12-18-11-20(39-3)8-9-23(18)40-4)27(38)32-21(13-25(36)37)22(34)15-41-14-17-6-5-7-19(10-17)28(29,30)31/h5-11,13,16,26H,12,14-15H2,1-4H3,(H,32,38)(H,33,35)(H,36,37)/t26-/m0/s1.